The summed E-state index contributed by atoms with van der Waals surface area (Å²) in [6, 6.07) is 8.90. The summed E-state index contributed by atoms with van der Waals surface area (Å²) in [7, 11) is 1.78. The fraction of sp³-hybridized carbons (Fsp3) is 0.591. The van der Waals surface area contributed by atoms with Crippen molar-refractivity contribution >= 4 is 17.8 Å². The Labute approximate surface area is 176 Å². The second-order valence-electron chi connectivity index (χ2n) is 8.99. The first kappa shape index (κ1) is 20.7. The number of nitrogens with zero attached hydrogens (tertiary/aromatic N) is 2. The van der Waals surface area contributed by atoms with Crippen LogP contribution in [-0.2, 0) is 14.4 Å². The zero-order valence-electron chi connectivity index (χ0n) is 17.2. The number of aliphatic carboxylic acids is 1. The zero-order valence-corrected chi connectivity index (χ0v) is 17.2. The van der Waals surface area contributed by atoms with E-state index in [2.05, 4.69) is 0 Å². The van der Waals surface area contributed by atoms with Crippen molar-refractivity contribution in [3.8, 4) is 5.75 Å². The molecule has 1 aromatic rings. The minimum absolute atomic E-state index is 0.0434. The van der Waals surface area contributed by atoms with Crippen LogP contribution in [0.2, 0.25) is 0 Å². The van der Waals surface area contributed by atoms with Gasteiger partial charge in [0.15, 0.2) is 0 Å². The topological polar surface area (TPSA) is 113 Å². The number of carboxylic acid groups (broad SMARTS) is 1. The summed E-state index contributed by atoms with van der Waals surface area (Å²) >= 11 is 0. The number of carboxylic acids is 1. The first-order valence-corrected chi connectivity index (χ1v) is 10.5. The van der Waals surface area contributed by atoms with Gasteiger partial charge in [0.25, 0.3) is 0 Å². The predicted octanol–water partition coefficient (Wildman–Crippen LogP) is 0.953. The maximum atomic E-state index is 13.3. The van der Waals surface area contributed by atoms with E-state index in [-0.39, 0.29) is 23.8 Å². The Morgan fingerprint density at radius 3 is 2.37 bits per heavy atom. The number of nitrogens with two attached hydrogens (primary N) is 1. The highest BCUT2D eigenvalue weighted by atomic mass is 16.5. The third kappa shape index (κ3) is 3.88. The van der Waals surface area contributed by atoms with Crippen molar-refractivity contribution in [3.05, 3.63) is 30.3 Å². The molecule has 0 radical (unpaired) electrons. The number of carbonyl (C=O) groups excluding carboxylic acids is 2. The summed E-state index contributed by atoms with van der Waals surface area (Å²) in [6.45, 7) is 1.61. The largest absolute Gasteiger partial charge is 0.490 e. The van der Waals surface area contributed by atoms with Gasteiger partial charge in [0, 0.05) is 38.4 Å². The van der Waals surface area contributed by atoms with Gasteiger partial charge in [-0.2, -0.15) is 0 Å². The molecule has 2 aliphatic heterocycles. The molecule has 3 aliphatic rings. The van der Waals surface area contributed by atoms with E-state index >= 15 is 0 Å². The number of para-hydroxylation sites is 1. The molecule has 162 valence electrons. The summed E-state index contributed by atoms with van der Waals surface area (Å²) < 4.78 is 5.99. The number of hydrogen-bond donors (Lipinski definition) is 2. The van der Waals surface area contributed by atoms with Crippen molar-refractivity contribution < 1.29 is 24.2 Å². The molecule has 1 saturated carbocycles. The molecule has 3 fully saturated rings. The average Bonchev–Trinajstić information content (AvgIpc) is 3.41. The molecule has 4 unspecified atom stereocenters. The lowest BCUT2D eigenvalue weighted by molar-refractivity contribution is -0.157. The molecule has 2 heterocycles. The number of carbonyl (C=O) groups is 3. The fourth-order valence-corrected chi connectivity index (χ4v) is 5.32. The summed E-state index contributed by atoms with van der Waals surface area (Å²) in [5.41, 5.74) is 5.07. The van der Waals surface area contributed by atoms with E-state index in [1.165, 1.54) is 0 Å². The molecule has 3 N–H and O–H groups in total. The van der Waals surface area contributed by atoms with E-state index in [1.807, 2.05) is 35.2 Å². The van der Waals surface area contributed by atoms with Crippen molar-refractivity contribution in [2.45, 2.75) is 37.8 Å². The zero-order chi connectivity index (χ0) is 21.5. The van der Waals surface area contributed by atoms with Crippen LogP contribution in [0.1, 0.15) is 25.7 Å². The van der Waals surface area contributed by atoms with Gasteiger partial charge in [-0.25, -0.2) is 0 Å². The molecule has 0 bridgehead atoms. The predicted molar refractivity (Wildman–Crippen MR) is 109 cm³/mol. The van der Waals surface area contributed by atoms with Gasteiger partial charge in [0.05, 0.1) is 5.92 Å². The summed E-state index contributed by atoms with van der Waals surface area (Å²) in [5, 5.41) is 9.83. The van der Waals surface area contributed by atoms with Gasteiger partial charge in [-0.15, -0.1) is 0 Å². The Bertz CT molecular complexity index is 823. The third-order valence-corrected chi connectivity index (χ3v) is 6.95. The molecule has 1 aliphatic carbocycles. The number of amides is 2. The van der Waals surface area contributed by atoms with E-state index in [1.54, 1.807) is 11.9 Å². The molecular weight excluding hydrogens is 386 g/mol. The smallest absolute Gasteiger partial charge is 0.308 e. The SMILES string of the molecule is CN1CC2(CC(C(=O)O)C1C(=O)N1CCC(Oc3ccccc3)CC1)CC2C(N)=O. The second kappa shape index (κ2) is 7.91. The van der Waals surface area contributed by atoms with Gasteiger partial charge in [0.2, 0.25) is 11.8 Å². The van der Waals surface area contributed by atoms with Crippen molar-refractivity contribution in [2.24, 2.45) is 23.0 Å². The van der Waals surface area contributed by atoms with Gasteiger partial charge in [-0.05, 0) is 37.4 Å². The Kier molecular flexibility index (Phi) is 5.44. The summed E-state index contributed by atoms with van der Waals surface area (Å²) in [6.07, 6.45) is 2.40. The number of likely N-dealkylation sites (N-methyl/N-ethyl adjacent to an activating group) is 1. The first-order valence-electron chi connectivity index (χ1n) is 10.5. The lowest BCUT2D eigenvalue weighted by Crippen LogP contribution is -2.59. The van der Waals surface area contributed by atoms with Gasteiger partial charge in [-0.3, -0.25) is 19.3 Å². The highest BCUT2D eigenvalue weighted by molar-refractivity contribution is 5.89. The van der Waals surface area contributed by atoms with Gasteiger partial charge >= 0.3 is 5.97 Å². The number of primary amides is 1. The van der Waals surface area contributed by atoms with E-state index in [4.69, 9.17) is 10.5 Å². The van der Waals surface area contributed by atoms with Crippen molar-refractivity contribution in [3.63, 3.8) is 0 Å². The number of rotatable bonds is 5. The maximum absolute atomic E-state index is 13.3. The number of ether oxygens (including phenoxy) is 1. The molecule has 1 spiro atoms. The molecule has 8 heteroatoms. The molecular formula is C22H29N3O5. The number of hydrogen-bond acceptors (Lipinski definition) is 5. The second-order valence-corrected chi connectivity index (χ2v) is 8.99. The monoisotopic (exact) mass is 415 g/mol. The van der Waals surface area contributed by atoms with Gasteiger partial charge < -0.3 is 20.5 Å². The third-order valence-electron chi connectivity index (χ3n) is 6.95. The number of likely N-dealkylation sites (tertiary alicyclic amines) is 2. The standard InChI is InChI=1S/C22H29N3O5/c1-24-13-22(12-17(22)19(23)26)11-16(21(28)29)18(24)20(27)25-9-7-15(8-10-25)30-14-5-3-2-4-6-14/h2-6,15-18H,7-13H2,1H3,(H2,23,26)(H,28,29). The van der Waals surface area contributed by atoms with Crippen LogP contribution < -0.4 is 10.5 Å². The van der Waals surface area contributed by atoms with Gasteiger partial charge in [-0.1, -0.05) is 18.2 Å². The molecule has 4 atom stereocenters. The van der Waals surface area contributed by atoms with Crippen LogP contribution in [-0.4, -0.2) is 71.5 Å². The minimum atomic E-state index is -0.989. The Morgan fingerprint density at radius 2 is 1.80 bits per heavy atom. The average molecular weight is 415 g/mol. The number of benzene rings is 1. The Hall–Kier alpha value is -2.61. The van der Waals surface area contributed by atoms with E-state index in [9.17, 15) is 19.5 Å². The maximum Gasteiger partial charge on any atom is 0.308 e. The normalized spacial score (nSPS) is 32.0. The molecule has 2 saturated heterocycles. The van der Waals surface area contributed by atoms with Crippen LogP contribution in [0.25, 0.3) is 0 Å². The van der Waals surface area contributed by atoms with Gasteiger partial charge in [0.1, 0.15) is 17.9 Å². The molecule has 2 amide bonds. The summed E-state index contributed by atoms with van der Waals surface area (Å²) in [5.74, 6) is -1.81. The van der Waals surface area contributed by atoms with Crippen molar-refractivity contribution in [2.75, 3.05) is 26.7 Å². The summed E-state index contributed by atoms with van der Waals surface area (Å²) in [4.78, 5) is 40.5. The Morgan fingerprint density at radius 1 is 1.13 bits per heavy atom. The highest BCUT2D eigenvalue weighted by Gasteiger charge is 2.63. The highest BCUT2D eigenvalue weighted by Crippen LogP contribution is 2.59. The first-order chi connectivity index (χ1) is 14.3. The van der Waals surface area contributed by atoms with Crippen LogP contribution in [0.5, 0.6) is 5.75 Å². The van der Waals surface area contributed by atoms with Crippen molar-refractivity contribution in [1.82, 2.24) is 9.80 Å². The number of piperidine rings is 2. The van der Waals surface area contributed by atoms with Crippen molar-refractivity contribution in [1.29, 1.82) is 0 Å². The van der Waals surface area contributed by atoms with E-state index < -0.39 is 23.3 Å². The van der Waals surface area contributed by atoms with E-state index in [0.717, 1.165) is 5.75 Å². The fourth-order valence-electron chi connectivity index (χ4n) is 5.32. The molecule has 8 nitrogen and oxygen atoms in total. The van der Waals surface area contributed by atoms with E-state index in [0.29, 0.717) is 45.3 Å². The molecule has 30 heavy (non-hydrogen) atoms. The minimum Gasteiger partial charge on any atom is -0.490 e. The Balaban J connectivity index is 1.39. The van der Waals surface area contributed by atoms with Crippen LogP contribution in [0.15, 0.2) is 30.3 Å². The molecule has 0 aromatic heterocycles. The molecule has 1 aromatic carbocycles. The quantitative estimate of drug-likeness (QED) is 0.740. The lowest BCUT2D eigenvalue weighted by atomic mass is 9.79. The van der Waals surface area contributed by atoms with Crippen LogP contribution in [0.4, 0.5) is 0 Å². The van der Waals surface area contributed by atoms with Crippen LogP contribution in [0, 0.1) is 17.3 Å². The van der Waals surface area contributed by atoms with Crippen LogP contribution in [0.3, 0.4) is 0 Å². The lowest BCUT2D eigenvalue weighted by Gasteiger charge is -2.44. The van der Waals surface area contributed by atoms with Crippen LogP contribution >= 0.6 is 0 Å². The molecule has 4 rings (SSSR count).